The number of anilines is 1. The van der Waals surface area contributed by atoms with E-state index in [9.17, 15) is 4.79 Å². The van der Waals surface area contributed by atoms with Gasteiger partial charge in [-0.2, -0.15) is 0 Å². The largest absolute Gasteiger partial charge is 0.445 e. The van der Waals surface area contributed by atoms with Crippen LogP contribution in [0.15, 0.2) is 35.1 Å². The maximum absolute atomic E-state index is 11.8. The fourth-order valence-electron chi connectivity index (χ4n) is 1.58. The molecule has 0 saturated carbocycles. The van der Waals surface area contributed by atoms with E-state index in [1.54, 1.807) is 20.0 Å². The fraction of sp³-hybridized carbons (Fsp3) is 0.286. The number of amides is 1. The predicted octanol–water partition coefficient (Wildman–Crippen LogP) is 2.75. The van der Waals surface area contributed by atoms with E-state index in [1.807, 2.05) is 25.1 Å². The Morgan fingerprint density at radius 2 is 2.10 bits per heavy atom. The molecule has 20 heavy (non-hydrogen) atoms. The lowest BCUT2D eigenvalue weighted by Gasteiger charge is -2.18. The van der Waals surface area contributed by atoms with Crippen LogP contribution in [0.2, 0.25) is 0 Å². The molecule has 6 heteroatoms. The third-order valence-corrected chi connectivity index (χ3v) is 2.74. The molecular weight excluding hydrogens is 278 g/mol. The summed E-state index contributed by atoms with van der Waals surface area (Å²) in [6.45, 7) is 5.27. The molecule has 108 valence electrons. The summed E-state index contributed by atoms with van der Waals surface area (Å²) >= 11 is 0. The third-order valence-electron chi connectivity index (χ3n) is 2.74. The van der Waals surface area contributed by atoms with Crippen LogP contribution >= 0.6 is 12.4 Å². The quantitative estimate of drug-likeness (QED) is 0.912. The van der Waals surface area contributed by atoms with Gasteiger partial charge in [0.1, 0.15) is 6.26 Å². The van der Waals surface area contributed by atoms with Gasteiger partial charge in [0.25, 0.3) is 0 Å². The molecule has 1 aromatic heterocycles. The molecule has 0 aliphatic rings. The monoisotopic (exact) mass is 295 g/mol. The van der Waals surface area contributed by atoms with Gasteiger partial charge in [-0.1, -0.05) is 6.07 Å². The zero-order valence-electron chi connectivity index (χ0n) is 11.6. The van der Waals surface area contributed by atoms with Crippen molar-refractivity contribution in [3.05, 3.63) is 36.2 Å². The second-order valence-corrected chi connectivity index (χ2v) is 5.04. The first-order valence-corrected chi connectivity index (χ1v) is 5.99. The summed E-state index contributed by atoms with van der Waals surface area (Å²) in [5, 5.41) is 2.78. The highest BCUT2D eigenvalue weighted by atomic mass is 35.5. The Kier molecular flexibility index (Phi) is 4.92. The third kappa shape index (κ3) is 3.59. The standard InChI is InChI=1S/C14H17N3O2.ClH/c1-9-4-5-10(17-13(18)14(2,3)15)8-11(9)12-16-6-7-19-12;/h4-8H,15H2,1-3H3,(H,17,18);1H. The Morgan fingerprint density at radius 3 is 2.65 bits per heavy atom. The Labute approximate surface area is 124 Å². The molecule has 0 spiro atoms. The van der Waals surface area contributed by atoms with Gasteiger partial charge in [-0.05, 0) is 38.5 Å². The fourth-order valence-corrected chi connectivity index (χ4v) is 1.58. The number of benzene rings is 1. The highest BCUT2D eigenvalue weighted by molar-refractivity contribution is 5.97. The van der Waals surface area contributed by atoms with Crippen LogP contribution in [0.4, 0.5) is 5.69 Å². The molecule has 0 saturated heterocycles. The summed E-state index contributed by atoms with van der Waals surface area (Å²) in [6.07, 6.45) is 3.10. The van der Waals surface area contributed by atoms with Crippen molar-refractivity contribution in [2.45, 2.75) is 26.3 Å². The molecular formula is C14H18ClN3O2. The number of hydrogen-bond acceptors (Lipinski definition) is 4. The van der Waals surface area contributed by atoms with Gasteiger partial charge in [0.15, 0.2) is 0 Å². The van der Waals surface area contributed by atoms with Crippen molar-refractivity contribution in [1.82, 2.24) is 4.98 Å². The lowest BCUT2D eigenvalue weighted by atomic mass is 10.0. The van der Waals surface area contributed by atoms with Gasteiger partial charge in [-0.15, -0.1) is 12.4 Å². The summed E-state index contributed by atoms with van der Waals surface area (Å²) in [5.41, 5.74) is 7.36. The molecule has 2 aromatic rings. The van der Waals surface area contributed by atoms with Crippen LogP contribution in [-0.2, 0) is 4.79 Å². The van der Waals surface area contributed by atoms with Gasteiger partial charge in [-0.25, -0.2) is 4.98 Å². The van der Waals surface area contributed by atoms with E-state index >= 15 is 0 Å². The van der Waals surface area contributed by atoms with Crippen LogP contribution in [0.25, 0.3) is 11.5 Å². The van der Waals surface area contributed by atoms with Crippen molar-refractivity contribution in [2.24, 2.45) is 5.73 Å². The number of hydrogen-bond donors (Lipinski definition) is 2. The summed E-state index contributed by atoms with van der Waals surface area (Å²) in [4.78, 5) is 16.0. The van der Waals surface area contributed by atoms with Crippen molar-refractivity contribution in [3.63, 3.8) is 0 Å². The minimum absolute atomic E-state index is 0. The van der Waals surface area contributed by atoms with Gasteiger partial charge in [-0.3, -0.25) is 4.79 Å². The molecule has 1 amide bonds. The predicted molar refractivity (Wildman–Crippen MR) is 80.8 cm³/mol. The molecule has 5 nitrogen and oxygen atoms in total. The van der Waals surface area contributed by atoms with Crippen molar-refractivity contribution in [3.8, 4) is 11.5 Å². The number of oxazole rings is 1. The molecule has 1 heterocycles. The molecule has 0 bridgehead atoms. The van der Waals surface area contributed by atoms with E-state index in [2.05, 4.69) is 10.3 Å². The van der Waals surface area contributed by atoms with Crippen molar-refractivity contribution >= 4 is 24.0 Å². The zero-order chi connectivity index (χ0) is 14.0. The van der Waals surface area contributed by atoms with Gasteiger partial charge in [0.05, 0.1) is 11.7 Å². The van der Waals surface area contributed by atoms with Crippen LogP contribution in [0, 0.1) is 6.92 Å². The number of halogens is 1. The molecule has 0 unspecified atom stereocenters. The van der Waals surface area contributed by atoms with Crippen molar-refractivity contribution < 1.29 is 9.21 Å². The minimum atomic E-state index is -0.923. The first-order valence-electron chi connectivity index (χ1n) is 5.99. The van der Waals surface area contributed by atoms with Crippen LogP contribution < -0.4 is 11.1 Å². The maximum Gasteiger partial charge on any atom is 0.243 e. The highest BCUT2D eigenvalue weighted by Gasteiger charge is 2.22. The summed E-state index contributed by atoms with van der Waals surface area (Å²) in [7, 11) is 0. The highest BCUT2D eigenvalue weighted by Crippen LogP contribution is 2.25. The first-order chi connectivity index (χ1) is 8.88. The number of aromatic nitrogens is 1. The number of nitrogens with one attached hydrogen (secondary N) is 1. The number of carbonyl (C=O) groups is 1. The number of rotatable bonds is 3. The van der Waals surface area contributed by atoms with Gasteiger partial charge >= 0.3 is 0 Å². The lowest BCUT2D eigenvalue weighted by Crippen LogP contribution is -2.45. The molecule has 0 aliphatic heterocycles. The Hall–Kier alpha value is -1.85. The first kappa shape index (κ1) is 16.2. The van der Waals surface area contributed by atoms with Gasteiger partial charge < -0.3 is 15.5 Å². The minimum Gasteiger partial charge on any atom is -0.445 e. The molecule has 1 aromatic carbocycles. The van der Waals surface area contributed by atoms with Crippen LogP contribution in [0.5, 0.6) is 0 Å². The van der Waals surface area contributed by atoms with E-state index in [4.69, 9.17) is 10.2 Å². The van der Waals surface area contributed by atoms with E-state index in [1.165, 1.54) is 6.26 Å². The Bertz CT molecular complexity index is 589. The number of carbonyl (C=O) groups excluding carboxylic acids is 1. The van der Waals surface area contributed by atoms with E-state index in [0.717, 1.165) is 11.1 Å². The molecule has 0 fully saturated rings. The number of nitrogens with two attached hydrogens (primary N) is 1. The second-order valence-electron chi connectivity index (χ2n) is 5.04. The van der Waals surface area contributed by atoms with Crippen molar-refractivity contribution in [1.29, 1.82) is 0 Å². The number of aryl methyl sites for hydroxylation is 1. The Morgan fingerprint density at radius 1 is 1.40 bits per heavy atom. The molecule has 0 atom stereocenters. The molecule has 2 rings (SSSR count). The van der Waals surface area contributed by atoms with Gasteiger partial charge in [0.2, 0.25) is 11.8 Å². The number of nitrogens with zero attached hydrogens (tertiary/aromatic N) is 1. The summed E-state index contributed by atoms with van der Waals surface area (Å²) in [5.74, 6) is 0.287. The average Bonchev–Trinajstić information content (AvgIpc) is 2.83. The summed E-state index contributed by atoms with van der Waals surface area (Å²) in [6, 6.07) is 5.55. The van der Waals surface area contributed by atoms with Crippen LogP contribution in [0.1, 0.15) is 19.4 Å². The molecule has 0 aliphatic carbocycles. The van der Waals surface area contributed by atoms with Crippen LogP contribution in [0.3, 0.4) is 0 Å². The Balaban J connectivity index is 0.00000200. The second kappa shape index (κ2) is 6.07. The lowest BCUT2D eigenvalue weighted by molar-refractivity contribution is -0.120. The SMILES string of the molecule is Cc1ccc(NC(=O)C(C)(C)N)cc1-c1ncco1.Cl. The van der Waals surface area contributed by atoms with E-state index in [0.29, 0.717) is 11.6 Å². The van der Waals surface area contributed by atoms with Crippen LogP contribution in [-0.4, -0.2) is 16.4 Å². The molecule has 3 N–H and O–H groups in total. The molecule has 0 radical (unpaired) electrons. The normalized spacial score (nSPS) is 10.8. The topological polar surface area (TPSA) is 81.2 Å². The van der Waals surface area contributed by atoms with E-state index in [-0.39, 0.29) is 18.3 Å². The van der Waals surface area contributed by atoms with Gasteiger partial charge in [0, 0.05) is 11.3 Å². The summed E-state index contributed by atoms with van der Waals surface area (Å²) < 4.78 is 5.28. The smallest absolute Gasteiger partial charge is 0.243 e. The zero-order valence-corrected chi connectivity index (χ0v) is 12.5. The maximum atomic E-state index is 11.8. The average molecular weight is 296 g/mol. The van der Waals surface area contributed by atoms with Crippen molar-refractivity contribution in [2.75, 3.05) is 5.32 Å². The van der Waals surface area contributed by atoms with E-state index < -0.39 is 5.54 Å².